The molecule has 0 radical (unpaired) electrons. The molecule has 116 valence electrons. The summed E-state index contributed by atoms with van der Waals surface area (Å²) in [4.78, 5) is 22.5. The van der Waals surface area contributed by atoms with Gasteiger partial charge in [-0.05, 0) is 19.1 Å². The first-order chi connectivity index (χ1) is 10.7. The largest absolute Gasteiger partial charge is 0.339 e. The van der Waals surface area contributed by atoms with Crippen molar-refractivity contribution in [1.82, 2.24) is 25.3 Å². The maximum absolute atomic E-state index is 12.3. The molecule has 1 atom stereocenters. The van der Waals surface area contributed by atoms with Gasteiger partial charge in [0.1, 0.15) is 0 Å². The molecule has 0 aliphatic carbocycles. The molecule has 1 fully saturated rings. The topological polar surface area (TPSA) is 84.2 Å². The van der Waals surface area contributed by atoms with Gasteiger partial charge in [0.05, 0.1) is 0 Å². The highest BCUT2D eigenvalue weighted by Crippen LogP contribution is 2.15. The van der Waals surface area contributed by atoms with Crippen LogP contribution in [0.2, 0.25) is 0 Å². The Kier molecular flexibility index (Phi) is 4.43. The average Bonchev–Trinajstić information content (AvgIpc) is 3.03. The highest BCUT2D eigenvalue weighted by atomic mass is 16.5. The first-order valence-corrected chi connectivity index (χ1v) is 7.47. The highest BCUT2D eigenvalue weighted by Gasteiger charge is 2.23. The number of carbonyl (C=O) groups is 1. The van der Waals surface area contributed by atoms with E-state index in [0.29, 0.717) is 24.6 Å². The summed E-state index contributed by atoms with van der Waals surface area (Å²) in [5, 5.41) is 7.22. The van der Waals surface area contributed by atoms with Crippen molar-refractivity contribution < 1.29 is 9.32 Å². The van der Waals surface area contributed by atoms with Crippen LogP contribution >= 0.6 is 0 Å². The number of pyridine rings is 1. The van der Waals surface area contributed by atoms with Crippen LogP contribution in [0.3, 0.4) is 0 Å². The molecule has 0 spiro atoms. The van der Waals surface area contributed by atoms with Gasteiger partial charge in [-0.25, -0.2) is 0 Å². The molecule has 1 saturated heterocycles. The van der Waals surface area contributed by atoms with Crippen molar-refractivity contribution >= 4 is 5.91 Å². The molecular weight excluding hydrogens is 282 g/mol. The molecule has 7 heteroatoms. The molecule has 2 aromatic rings. The Hall–Kier alpha value is -2.28. The zero-order valence-corrected chi connectivity index (χ0v) is 12.5. The monoisotopic (exact) mass is 301 g/mol. The summed E-state index contributed by atoms with van der Waals surface area (Å²) < 4.78 is 5.22. The number of nitrogens with one attached hydrogen (secondary N) is 1. The van der Waals surface area contributed by atoms with Gasteiger partial charge >= 0.3 is 0 Å². The van der Waals surface area contributed by atoms with Crippen molar-refractivity contribution in [2.24, 2.45) is 0 Å². The lowest BCUT2D eigenvalue weighted by Gasteiger charge is -2.34. The first-order valence-electron chi connectivity index (χ1n) is 7.47. The van der Waals surface area contributed by atoms with Crippen LogP contribution < -0.4 is 5.32 Å². The van der Waals surface area contributed by atoms with Gasteiger partial charge in [0.2, 0.25) is 17.6 Å². The first kappa shape index (κ1) is 14.6. The normalized spacial score (nSPS) is 18.4. The molecule has 0 unspecified atom stereocenters. The number of hydrogen-bond donors (Lipinski definition) is 1. The van der Waals surface area contributed by atoms with E-state index in [2.05, 4.69) is 27.4 Å². The van der Waals surface area contributed by atoms with Gasteiger partial charge in [-0.1, -0.05) is 5.16 Å². The van der Waals surface area contributed by atoms with Crippen molar-refractivity contribution in [3.8, 4) is 11.4 Å². The van der Waals surface area contributed by atoms with Gasteiger partial charge in [-0.15, -0.1) is 0 Å². The number of aryl methyl sites for hydroxylation is 1. The van der Waals surface area contributed by atoms with Crippen LogP contribution in [-0.2, 0) is 11.2 Å². The van der Waals surface area contributed by atoms with Crippen LogP contribution in [0.15, 0.2) is 29.0 Å². The van der Waals surface area contributed by atoms with Gasteiger partial charge in [-0.3, -0.25) is 9.78 Å². The van der Waals surface area contributed by atoms with Crippen LogP contribution in [-0.4, -0.2) is 51.6 Å². The summed E-state index contributed by atoms with van der Waals surface area (Å²) in [6.07, 6.45) is 4.22. The molecule has 0 saturated carbocycles. The predicted octanol–water partition coefficient (Wildman–Crippen LogP) is 0.884. The molecule has 1 aliphatic heterocycles. The third-order valence-corrected chi connectivity index (χ3v) is 3.78. The molecule has 1 amide bonds. The predicted molar refractivity (Wildman–Crippen MR) is 79.9 cm³/mol. The van der Waals surface area contributed by atoms with Crippen LogP contribution in [0.4, 0.5) is 0 Å². The van der Waals surface area contributed by atoms with E-state index in [1.807, 2.05) is 17.0 Å². The number of nitrogens with zero attached hydrogens (tertiary/aromatic N) is 4. The Bertz CT molecular complexity index is 628. The fourth-order valence-corrected chi connectivity index (χ4v) is 2.54. The van der Waals surface area contributed by atoms with Crippen LogP contribution in [0.25, 0.3) is 11.4 Å². The number of aromatic nitrogens is 3. The lowest BCUT2D eigenvalue weighted by atomic mass is 10.2. The summed E-state index contributed by atoms with van der Waals surface area (Å²) >= 11 is 0. The molecule has 1 N–H and O–H groups in total. The summed E-state index contributed by atoms with van der Waals surface area (Å²) in [5.41, 5.74) is 0.854. The Morgan fingerprint density at radius 1 is 1.45 bits per heavy atom. The van der Waals surface area contributed by atoms with Crippen molar-refractivity contribution in [1.29, 1.82) is 0 Å². The number of piperazine rings is 1. The molecule has 2 aromatic heterocycles. The SMILES string of the molecule is C[C@@H]1CNCCN1C(=O)CCc1nc(-c2ccncc2)no1. The summed E-state index contributed by atoms with van der Waals surface area (Å²) in [7, 11) is 0. The third kappa shape index (κ3) is 3.30. The van der Waals surface area contributed by atoms with E-state index in [-0.39, 0.29) is 11.9 Å². The number of hydrogen-bond acceptors (Lipinski definition) is 6. The summed E-state index contributed by atoms with van der Waals surface area (Å²) in [6.45, 7) is 4.51. The quantitative estimate of drug-likeness (QED) is 0.902. The molecule has 0 bridgehead atoms. The van der Waals surface area contributed by atoms with Crippen LogP contribution in [0.1, 0.15) is 19.2 Å². The molecule has 22 heavy (non-hydrogen) atoms. The Labute approximate surface area is 128 Å². The second-order valence-electron chi connectivity index (χ2n) is 5.39. The van der Waals surface area contributed by atoms with E-state index in [1.54, 1.807) is 12.4 Å². The lowest BCUT2D eigenvalue weighted by molar-refractivity contribution is -0.134. The zero-order valence-electron chi connectivity index (χ0n) is 12.5. The van der Waals surface area contributed by atoms with Crippen LogP contribution in [0, 0.1) is 0 Å². The van der Waals surface area contributed by atoms with E-state index in [4.69, 9.17) is 4.52 Å². The van der Waals surface area contributed by atoms with Crippen LogP contribution in [0.5, 0.6) is 0 Å². The number of amides is 1. The smallest absolute Gasteiger partial charge is 0.227 e. The van der Waals surface area contributed by atoms with E-state index in [9.17, 15) is 4.79 Å². The minimum absolute atomic E-state index is 0.137. The third-order valence-electron chi connectivity index (χ3n) is 3.78. The van der Waals surface area contributed by atoms with Gasteiger partial charge in [-0.2, -0.15) is 4.98 Å². The lowest BCUT2D eigenvalue weighted by Crippen LogP contribution is -2.52. The molecule has 7 nitrogen and oxygen atoms in total. The van der Waals surface area contributed by atoms with Crippen molar-refractivity contribution in [3.63, 3.8) is 0 Å². The maximum Gasteiger partial charge on any atom is 0.227 e. The summed E-state index contributed by atoms with van der Waals surface area (Å²) in [5.74, 6) is 1.15. The standard InChI is InChI=1S/C15H19N5O2/c1-11-10-17-8-9-20(11)14(21)3-2-13-18-15(19-22-13)12-4-6-16-7-5-12/h4-7,11,17H,2-3,8-10H2,1H3/t11-/m1/s1. The number of rotatable bonds is 4. The molecule has 3 rings (SSSR count). The van der Waals surface area contributed by atoms with Gasteiger partial charge < -0.3 is 14.7 Å². The average molecular weight is 301 g/mol. The van der Waals surface area contributed by atoms with Gasteiger partial charge in [0, 0.05) is 56.5 Å². The van der Waals surface area contributed by atoms with E-state index < -0.39 is 0 Å². The molecule has 0 aromatic carbocycles. The Balaban J connectivity index is 1.58. The molecule has 3 heterocycles. The van der Waals surface area contributed by atoms with Crippen molar-refractivity contribution in [2.45, 2.75) is 25.8 Å². The highest BCUT2D eigenvalue weighted by molar-refractivity contribution is 5.76. The minimum Gasteiger partial charge on any atom is -0.339 e. The minimum atomic E-state index is 0.137. The molecule has 1 aliphatic rings. The fraction of sp³-hybridized carbons (Fsp3) is 0.467. The zero-order chi connectivity index (χ0) is 15.4. The fourth-order valence-electron chi connectivity index (χ4n) is 2.54. The number of carbonyl (C=O) groups excluding carboxylic acids is 1. The van der Waals surface area contributed by atoms with E-state index in [1.165, 1.54) is 0 Å². The maximum atomic E-state index is 12.3. The second kappa shape index (κ2) is 6.65. The van der Waals surface area contributed by atoms with E-state index >= 15 is 0 Å². The Morgan fingerprint density at radius 2 is 2.27 bits per heavy atom. The van der Waals surface area contributed by atoms with Crippen molar-refractivity contribution in [3.05, 3.63) is 30.4 Å². The Morgan fingerprint density at radius 3 is 3.05 bits per heavy atom. The second-order valence-corrected chi connectivity index (χ2v) is 5.39. The van der Waals surface area contributed by atoms with Gasteiger partial charge in [0.15, 0.2) is 0 Å². The molecular formula is C15H19N5O2. The van der Waals surface area contributed by atoms with Crippen molar-refractivity contribution in [2.75, 3.05) is 19.6 Å². The van der Waals surface area contributed by atoms with E-state index in [0.717, 1.165) is 25.2 Å². The van der Waals surface area contributed by atoms with Gasteiger partial charge in [0.25, 0.3) is 0 Å². The summed E-state index contributed by atoms with van der Waals surface area (Å²) in [6, 6.07) is 3.88.